The third-order valence-corrected chi connectivity index (χ3v) is 2.25. The first-order valence-corrected chi connectivity index (χ1v) is 4.06. The number of aliphatic hydroxyl groups is 2. The van der Waals surface area contributed by atoms with Gasteiger partial charge in [0.2, 0.25) is 0 Å². The van der Waals surface area contributed by atoms with E-state index in [1.807, 2.05) is 6.92 Å². The number of hydrogen-bond acceptors (Lipinski definition) is 3. The highest BCUT2D eigenvalue weighted by molar-refractivity contribution is 5.89. The molecule has 1 aliphatic carbocycles. The minimum absolute atomic E-state index is 0.0116. The normalized spacial score (nSPS) is 38.1. The smallest absolute Gasteiger partial charge is 0.189 e. The van der Waals surface area contributed by atoms with E-state index < -0.39 is 18.0 Å². The molecule has 1 saturated carbocycles. The lowest BCUT2D eigenvalue weighted by Crippen LogP contribution is -2.24. The molecular weight excluding hydrogens is 144 g/mol. The third kappa shape index (κ3) is 1.60. The first-order valence-electron chi connectivity index (χ1n) is 4.06. The highest BCUT2D eigenvalue weighted by atomic mass is 16.3. The lowest BCUT2D eigenvalue weighted by Gasteiger charge is -2.09. The summed E-state index contributed by atoms with van der Waals surface area (Å²) in [5, 5.41) is 18.3. The number of carbonyl (C=O) groups is 1. The van der Waals surface area contributed by atoms with Gasteiger partial charge in [-0.15, -0.1) is 0 Å². The number of rotatable bonds is 2. The minimum atomic E-state index is -0.915. The Morgan fingerprint density at radius 3 is 2.55 bits per heavy atom. The molecule has 0 aromatic rings. The summed E-state index contributed by atoms with van der Waals surface area (Å²) in [6.45, 7) is 2.00. The summed E-state index contributed by atoms with van der Waals surface area (Å²) in [4.78, 5) is 10.9. The van der Waals surface area contributed by atoms with Gasteiger partial charge in [0.05, 0.1) is 0 Å². The van der Waals surface area contributed by atoms with Crippen molar-refractivity contribution in [3.63, 3.8) is 0 Å². The third-order valence-electron chi connectivity index (χ3n) is 2.25. The average Bonchev–Trinajstić information content (AvgIpc) is 2.19. The van der Waals surface area contributed by atoms with Gasteiger partial charge in [0.25, 0.3) is 0 Å². The van der Waals surface area contributed by atoms with Gasteiger partial charge >= 0.3 is 0 Å². The molecule has 0 heterocycles. The summed E-state index contributed by atoms with van der Waals surface area (Å²) in [7, 11) is 0. The molecule has 1 aliphatic rings. The van der Waals surface area contributed by atoms with E-state index in [2.05, 4.69) is 0 Å². The second-order valence-electron chi connectivity index (χ2n) is 3.15. The van der Waals surface area contributed by atoms with Crippen molar-refractivity contribution in [1.82, 2.24) is 0 Å². The Kier molecular flexibility index (Phi) is 2.62. The van der Waals surface area contributed by atoms with E-state index in [9.17, 15) is 9.90 Å². The van der Waals surface area contributed by atoms with E-state index in [1.54, 1.807) is 0 Å². The van der Waals surface area contributed by atoms with Crippen LogP contribution in [0.5, 0.6) is 0 Å². The molecule has 11 heavy (non-hydrogen) atoms. The number of carbonyl (C=O) groups excluding carboxylic acids is 1. The van der Waals surface area contributed by atoms with Crippen LogP contribution in [0.3, 0.4) is 0 Å². The summed E-state index contributed by atoms with van der Waals surface area (Å²) < 4.78 is 0. The predicted octanol–water partition coefficient (Wildman–Crippen LogP) is 0.0973. The fraction of sp³-hybridized carbons (Fsp3) is 0.875. The van der Waals surface area contributed by atoms with E-state index in [0.717, 1.165) is 12.8 Å². The molecule has 0 bridgehead atoms. The molecule has 3 unspecified atom stereocenters. The van der Waals surface area contributed by atoms with E-state index in [1.165, 1.54) is 0 Å². The molecule has 0 radical (unpaired) electrons. The van der Waals surface area contributed by atoms with Crippen molar-refractivity contribution in [2.75, 3.05) is 0 Å². The van der Waals surface area contributed by atoms with Crippen LogP contribution in [0.4, 0.5) is 0 Å². The summed E-state index contributed by atoms with van der Waals surface area (Å²) >= 11 is 0. The number of ketones is 1. The molecule has 0 aromatic heterocycles. The maximum atomic E-state index is 10.9. The Hall–Kier alpha value is -0.410. The van der Waals surface area contributed by atoms with Crippen molar-refractivity contribution in [3.8, 4) is 0 Å². The molecule has 1 rings (SSSR count). The Labute approximate surface area is 66.0 Å². The molecule has 0 aliphatic heterocycles. The van der Waals surface area contributed by atoms with Gasteiger partial charge in [0, 0.05) is 0 Å². The quantitative estimate of drug-likeness (QED) is 0.599. The summed E-state index contributed by atoms with van der Waals surface area (Å²) in [6, 6.07) is 0. The van der Waals surface area contributed by atoms with Crippen molar-refractivity contribution < 1.29 is 15.0 Å². The highest BCUT2D eigenvalue weighted by Gasteiger charge is 2.39. The van der Waals surface area contributed by atoms with E-state index in [0.29, 0.717) is 6.42 Å². The monoisotopic (exact) mass is 158 g/mol. The minimum Gasteiger partial charge on any atom is -0.385 e. The second-order valence-corrected chi connectivity index (χ2v) is 3.15. The predicted molar refractivity (Wildman–Crippen MR) is 40.0 cm³/mol. The topological polar surface area (TPSA) is 57.5 Å². The molecular formula is C8H14O3. The van der Waals surface area contributed by atoms with Gasteiger partial charge in [-0.3, -0.25) is 4.79 Å². The molecule has 3 nitrogen and oxygen atoms in total. The first kappa shape index (κ1) is 8.68. The Bertz CT molecular complexity index is 155. The second kappa shape index (κ2) is 3.32. The van der Waals surface area contributed by atoms with Crippen LogP contribution >= 0.6 is 0 Å². The average molecular weight is 158 g/mol. The van der Waals surface area contributed by atoms with Crippen molar-refractivity contribution in [1.29, 1.82) is 0 Å². The molecule has 0 amide bonds. The Balaban J connectivity index is 2.52. The van der Waals surface area contributed by atoms with Crippen LogP contribution in [-0.4, -0.2) is 28.2 Å². The largest absolute Gasteiger partial charge is 0.385 e. The SMILES string of the molecule is CCCC1CC(O)C(=O)C1O. The van der Waals surface area contributed by atoms with Gasteiger partial charge in [0.1, 0.15) is 12.2 Å². The van der Waals surface area contributed by atoms with Crippen LogP contribution in [0.15, 0.2) is 0 Å². The van der Waals surface area contributed by atoms with Gasteiger partial charge in [0.15, 0.2) is 5.78 Å². The van der Waals surface area contributed by atoms with Gasteiger partial charge in [-0.1, -0.05) is 13.3 Å². The first-order chi connectivity index (χ1) is 5.16. The zero-order valence-corrected chi connectivity index (χ0v) is 6.66. The molecule has 3 heteroatoms. The summed E-state index contributed by atoms with van der Waals surface area (Å²) in [5.74, 6) is -0.411. The van der Waals surface area contributed by atoms with Gasteiger partial charge in [-0.2, -0.15) is 0 Å². The fourth-order valence-corrected chi connectivity index (χ4v) is 1.61. The lowest BCUT2D eigenvalue weighted by atomic mass is 10.0. The van der Waals surface area contributed by atoms with Crippen molar-refractivity contribution in [2.45, 2.75) is 38.4 Å². The van der Waals surface area contributed by atoms with Crippen molar-refractivity contribution in [3.05, 3.63) is 0 Å². The zero-order valence-electron chi connectivity index (χ0n) is 6.66. The molecule has 0 saturated heterocycles. The molecule has 0 aromatic carbocycles. The van der Waals surface area contributed by atoms with Gasteiger partial charge in [-0.25, -0.2) is 0 Å². The van der Waals surface area contributed by atoms with Crippen LogP contribution in [0.1, 0.15) is 26.2 Å². The molecule has 0 spiro atoms. The van der Waals surface area contributed by atoms with Crippen LogP contribution < -0.4 is 0 Å². The maximum absolute atomic E-state index is 10.9. The molecule has 1 fully saturated rings. The fourth-order valence-electron chi connectivity index (χ4n) is 1.61. The highest BCUT2D eigenvalue weighted by Crippen LogP contribution is 2.26. The van der Waals surface area contributed by atoms with Gasteiger partial charge < -0.3 is 10.2 Å². The lowest BCUT2D eigenvalue weighted by molar-refractivity contribution is -0.131. The van der Waals surface area contributed by atoms with Gasteiger partial charge in [-0.05, 0) is 18.8 Å². The number of aliphatic hydroxyl groups excluding tert-OH is 2. The Morgan fingerprint density at radius 2 is 2.18 bits per heavy atom. The Morgan fingerprint density at radius 1 is 1.55 bits per heavy atom. The molecule has 64 valence electrons. The van der Waals surface area contributed by atoms with Crippen molar-refractivity contribution >= 4 is 5.78 Å². The summed E-state index contributed by atoms with van der Waals surface area (Å²) in [6.07, 6.45) is 0.381. The van der Waals surface area contributed by atoms with Crippen LogP contribution in [0.2, 0.25) is 0 Å². The molecule has 2 N–H and O–H groups in total. The van der Waals surface area contributed by atoms with Crippen LogP contribution in [0, 0.1) is 5.92 Å². The van der Waals surface area contributed by atoms with E-state index in [4.69, 9.17) is 5.11 Å². The maximum Gasteiger partial charge on any atom is 0.189 e. The van der Waals surface area contributed by atoms with Crippen molar-refractivity contribution in [2.24, 2.45) is 5.92 Å². The zero-order chi connectivity index (χ0) is 8.43. The molecule has 3 atom stereocenters. The van der Waals surface area contributed by atoms with Crippen LogP contribution in [-0.2, 0) is 4.79 Å². The van der Waals surface area contributed by atoms with Crippen LogP contribution in [0.25, 0.3) is 0 Å². The standard InChI is InChI=1S/C8H14O3/c1-2-3-5-4-6(9)8(11)7(5)10/h5-7,9-10H,2-4H2,1H3. The number of hydrogen-bond donors (Lipinski definition) is 2. The number of Topliss-reactive ketones (excluding diaryl/α,β-unsaturated/α-hetero) is 1. The van der Waals surface area contributed by atoms with E-state index >= 15 is 0 Å². The summed E-state index contributed by atoms with van der Waals surface area (Å²) in [5.41, 5.74) is 0. The van der Waals surface area contributed by atoms with E-state index in [-0.39, 0.29) is 5.92 Å².